The Hall–Kier alpha value is -5.57. The van der Waals surface area contributed by atoms with Crippen molar-refractivity contribution in [3.63, 3.8) is 0 Å². The third kappa shape index (κ3) is 9.45. The summed E-state index contributed by atoms with van der Waals surface area (Å²) in [7, 11) is 0. The number of nitrogens with zero attached hydrogens (tertiary/aromatic N) is 3. The van der Waals surface area contributed by atoms with Crippen LogP contribution in [-0.2, 0) is 43.7 Å². The number of aryl methyl sites for hydroxylation is 1. The van der Waals surface area contributed by atoms with Gasteiger partial charge in [0.1, 0.15) is 11.6 Å². The maximum Gasteiger partial charge on any atom is 0.148 e. The summed E-state index contributed by atoms with van der Waals surface area (Å²) in [6, 6.07) is 38.3. The van der Waals surface area contributed by atoms with Gasteiger partial charge in [-0.1, -0.05) is 177 Å². The van der Waals surface area contributed by atoms with E-state index in [1.807, 2.05) is 95.3 Å². The van der Waals surface area contributed by atoms with Gasteiger partial charge in [0.25, 0.3) is 0 Å². The van der Waals surface area contributed by atoms with Crippen LogP contribution in [0.25, 0.3) is 72.7 Å². The number of pyridine rings is 1. The second kappa shape index (κ2) is 17.8. The zero-order valence-electron chi connectivity index (χ0n) is 57.1. The molecule has 4 nitrogen and oxygen atoms in total. The molecular weight excluding hydrogens is 962 g/mol. The molecule has 64 heavy (non-hydrogen) atoms. The van der Waals surface area contributed by atoms with Crippen LogP contribution in [0.15, 0.2) is 134 Å². The van der Waals surface area contributed by atoms with Crippen LogP contribution in [0, 0.1) is 18.8 Å². The minimum atomic E-state index is -4.15. The fourth-order valence-electron chi connectivity index (χ4n) is 8.00. The monoisotopic (exact) mass is 1040 g/mol. The Balaban J connectivity index is 0.0000104. The molecule has 0 aliphatic heterocycles. The predicted molar refractivity (Wildman–Crippen MR) is 266 cm³/mol. The minimum absolute atomic E-state index is 0. The van der Waals surface area contributed by atoms with Gasteiger partial charge < -0.3 is 5.11 Å². The number of phenols is 1. The molecule has 0 atom stereocenters. The SMILES string of the molecule is [2H]C([2H])([2H])c1ccc(-c2ccnc(-c3[c-]c(-c4cccc5c4nc(-c4cc(C(C([2H])([2H])[2H])(C([2H])([2H])[2H])C([2H])([2H])[2H])cc(C(C([2H])([2H])[2H])(C([2H])([2H])[2H])C([2H])([2H])[2H])c4O)n5-c4ccc(-c5ccccc5)c(CC(C)C)c4)cc(C(C)(C)C)c3)c2)cc1.[Pt]. The molecule has 0 amide bonds. The Morgan fingerprint density at radius 1 is 0.656 bits per heavy atom. The van der Waals surface area contributed by atoms with Crippen LogP contribution >= 0.6 is 0 Å². The van der Waals surface area contributed by atoms with Gasteiger partial charge >= 0.3 is 0 Å². The van der Waals surface area contributed by atoms with E-state index in [0.29, 0.717) is 51.7 Å². The summed E-state index contributed by atoms with van der Waals surface area (Å²) in [5.41, 5.74) is -4.86. The predicted octanol–water partition coefficient (Wildman–Crippen LogP) is 15.7. The number of hydrogen-bond donors (Lipinski definition) is 1. The van der Waals surface area contributed by atoms with Crippen molar-refractivity contribution < 1.29 is 55.0 Å². The van der Waals surface area contributed by atoms with Crippen molar-refractivity contribution in [2.75, 3.05) is 0 Å². The van der Waals surface area contributed by atoms with Gasteiger partial charge in [-0.15, -0.1) is 29.3 Å². The van der Waals surface area contributed by atoms with Crippen LogP contribution in [0.1, 0.15) is 132 Å². The summed E-state index contributed by atoms with van der Waals surface area (Å²) in [5.74, 6) is -1.74. The Bertz CT molecular complexity index is 3680. The van der Waals surface area contributed by atoms with E-state index in [1.165, 1.54) is 16.7 Å². The van der Waals surface area contributed by atoms with Crippen molar-refractivity contribution in [1.82, 2.24) is 14.5 Å². The smallest absolute Gasteiger partial charge is 0.148 e. The molecule has 0 bridgehead atoms. The van der Waals surface area contributed by atoms with Gasteiger partial charge in [-0.2, -0.15) is 0 Å². The quantitative estimate of drug-likeness (QED) is 0.154. The number of benzene rings is 6. The van der Waals surface area contributed by atoms with Crippen LogP contribution in [-0.4, -0.2) is 19.6 Å². The van der Waals surface area contributed by atoms with Gasteiger partial charge in [0.15, 0.2) is 0 Å². The van der Waals surface area contributed by atoms with Crippen LogP contribution in [0.4, 0.5) is 0 Å². The molecule has 0 saturated heterocycles. The van der Waals surface area contributed by atoms with Crippen molar-refractivity contribution in [3.05, 3.63) is 167 Å². The van der Waals surface area contributed by atoms with Crippen LogP contribution < -0.4 is 0 Å². The Kier molecular flexibility index (Phi) is 7.33. The third-order valence-electron chi connectivity index (χ3n) is 11.2. The molecule has 5 heteroatoms. The van der Waals surface area contributed by atoms with Crippen molar-refractivity contribution in [1.29, 1.82) is 0 Å². The van der Waals surface area contributed by atoms with Gasteiger partial charge in [0.2, 0.25) is 0 Å². The second-order valence-electron chi connectivity index (χ2n) is 17.6. The third-order valence-corrected chi connectivity index (χ3v) is 11.2. The first-order chi connectivity index (χ1) is 38.5. The number of hydrogen-bond acceptors (Lipinski definition) is 3. The van der Waals surface area contributed by atoms with E-state index >= 15 is 0 Å². The molecule has 330 valence electrons. The number of para-hydroxylation sites is 1. The summed E-state index contributed by atoms with van der Waals surface area (Å²) < 4.78 is 183. The number of fused-ring (bicyclic) bond motifs is 1. The van der Waals surface area contributed by atoms with E-state index in [-0.39, 0.29) is 49.6 Å². The molecular formula is C59H62N3OPt-. The molecule has 1 N–H and O–H groups in total. The molecule has 0 saturated carbocycles. The van der Waals surface area contributed by atoms with Gasteiger partial charge in [-0.25, -0.2) is 4.98 Å². The first-order valence-corrected chi connectivity index (χ1v) is 20.7. The van der Waals surface area contributed by atoms with Crippen LogP contribution in [0.5, 0.6) is 5.75 Å². The molecule has 8 rings (SSSR count). The summed E-state index contributed by atoms with van der Waals surface area (Å²) in [6.45, 7) is -16.9. The number of imidazole rings is 1. The summed E-state index contributed by atoms with van der Waals surface area (Å²) >= 11 is 0. The van der Waals surface area contributed by atoms with E-state index < -0.39 is 92.5 Å². The Morgan fingerprint density at radius 3 is 2.06 bits per heavy atom. The normalized spacial score (nSPS) is 18.4. The maximum atomic E-state index is 13.0. The molecule has 0 aliphatic rings. The van der Waals surface area contributed by atoms with E-state index in [1.54, 1.807) is 48.7 Å². The standard InChI is InChI=1S/C59H62N3O.Pt/c1-37(2)29-42-33-47(25-26-48(42)40-17-14-13-15-18-40)62-53-20-16-19-49(54(53)61-56(62)50-35-46(58(7,8)9)36-51(55(50)63)59(10,11)12)43-30-44(32-45(31-43)57(4,5)6)52-34-41(27-28-60-52)39-23-21-38(3)22-24-39;/h13-28,31-37,63H,29H2,1-12H3;/q-1;/i3D3,7D3,8D3,9D3,10D3,11D3,12D3;. The van der Waals surface area contributed by atoms with Gasteiger partial charge in [0, 0.05) is 73.0 Å². The first kappa shape index (κ1) is 26.4. The summed E-state index contributed by atoms with van der Waals surface area (Å²) in [5, 5.41) is 13.0. The Labute approximate surface area is 425 Å². The van der Waals surface area contributed by atoms with Crippen molar-refractivity contribution in [2.24, 2.45) is 5.92 Å². The molecule has 0 aliphatic carbocycles. The number of aromatic hydroxyl groups is 1. The van der Waals surface area contributed by atoms with Gasteiger partial charge in [-0.3, -0.25) is 9.55 Å². The zero-order chi connectivity index (χ0) is 62.5. The van der Waals surface area contributed by atoms with Crippen molar-refractivity contribution in [3.8, 4) is 67.5 Å². The van der Waals surface area contributed by atoms with Crippen LogP contribution in [0.2, 0.25) is 0 Å². The molecule has 8 aromatic rings. The molecule has 0 unspecified atom stereocenters. The Morgan fingerprint density at radius 2 is 1.38 bits per heavy atom. The number of phenolic OH excluding ortho intramolecular Hbond substituents is 1. The van der Waals surface area contributed by atoms with E-state index in [2.05, 4.69) is 6.07 Å². The first-order valence-electron chi connectivity index (χ1n) is 31.2. The average molecular weight is 1050 g/mol. The van der Waals surface area contributed by atoms with E-state index in [0.717, 1.165) is 22.3 Å². The second-order valence-corrected chi connectivity index (χ2v) is 17.6. The summed E-state index contributed by atoms with van der Waals surface area (Å²) in [4.78, 5) is 9.87. The largest absolute Gasteiger partial charge is 0.507 e. The average Bonchev–Trinajstić information content (AvgIpc) is 1.19. The molecule has 6 aromatic carbocycles. The fraction of sp³-hybridized carbons (Fsp3) is 0.288. The van der Waals surface area contributed by atoms with Crippen molar-refractivity contribution >= 4 is 11.0 Å². The van der Waals surface area contributed by atoms with Gasteiger partial charge in [0.05, 0.1) is 16.6 Å². The van der Waals surface area contributed by atoms with E-state index in [4.69, 9.17) is 38.8 Å². The molecule has 0 radical (unpaired) electrons. The van der Waals surface area contributed by atoms with E-state index in [9.17, 15) is 5.11 Å². The van der Waals surface area contributed by atoms with Gasteiger partial charge in [-0.05, 0) is 99.1 Å². The minimum Gasteiger partial charge on any atom is -0.507 e. The molecule has 2 aromatic heterocycles. The number of rotatable bonds is 8. The molecule has 2 heterocycles. The molecule has 0 spiro atoms. The number of aromatic nitrogens is 3. The zero-order valence-corrected chi connectivity index (χ0v) is 38.4. The summed E-state index contributed by atoms with van der Waals surface area (Å²) in [6.07, 6.45) is 2.10. The van der Waals surface area contributed by atoms with Crippen molar-refractivity contribution in [2.45, 2.75) is 105 Å². The maximum absolute atomic E-state index is 13.0. The van der Waals surface area contributed by atoms with Crippen LogP contribution in [0.3, 0.4) is 0 Å². The fourth-order valence-corrected chi connectivity index (χ4v) is 8.00. The molecule has 0 fully saturated rings. The topological polar surface area (TPSA) is 50.9 Å².